The lowest BCUT2D eigenvalue weighted by molar-refractivity contribution is -0.122. The molecule has 0 saturated carbocycles. The summed E-state index contributed by atoms with van der Waals surface area (Å²) in [7, 11) is -3.58. The van der Waals surface area contributed by atoms with Gasteiger partial charge in [-0.3, -0.25) is 14.4 Å². The number of fused-ring (bicyclic) bond motifs is 1. The van der Waals surface area contributed by atoms with E-state index in [4.69, 9.17) is 4.74 Å². The Labute approximate surface area is 188 Å². The van der Waals surface area contributed by atoms with E-state index in [9.17, 15) is 13.2 Å². The first-order valence-corrected chi connectivity index (χ1v) is 13.0. The van der Waals surface area contributed by atoms with E-state index in [1.54, 1.807) is 18.2 Å². The highest BCUT2D eigenvalue weighted by Crippen LogP contribution is 2.36. The van der Waals surface area contributed by atoms with Gasteiger partial charge in [-0.05, 0) is 30.2 Å². The lowest BCUT2D eigenvalue weighted by Gasteiger charge is -2.33. The van der Waals surface area contributed by atoms with Crippen LogP contribution >= 0.6 is 23.1 Å². The second kappa shape index (κ2) is 8.85. The molecule has 1 aromatic heterocycles. The van der Waals surface area contributed by atoms with Crippen LogP contribution in [0.3, 0.4) is 0 Å². The molecule has 2 heterocycles. The number of carbonyl (C=O) groups is 1. The van der Waals surface area contributed by atoms with Gasteiger partial charge in [-0.2, -0.15) is 0 Å². The molecule has 1 atom stereocenters. The highest BCUT2D eigenvalue weighted by Gasteiger charge is 2.35. The monoisotopic (exact) mass is 476 g/mol. The molecule has 3 aromatic rings. The Morgan fingerprint density at radius 3 is 2.77 bits per heavy atom. The van der Waals surface area contributed by atoms with Crippen molar-refractivity contribution >= 4 is 49.8 Å². The van der Waals surface area contributed by atoms with Crippen molar-refractivity contribution in [3.8, 4) is 5.75 Å². The first-order valence-electron chi connectivity index (χ1n) is 9.36. The molecule has 1 aliphatic rings. The van der Waals surface area contributed by atoms with Crippen LogP contribution in [0.1, 0.15) is 11.1 Å². The summed E-state index contributed by atoms with van der Waals surface area (Å²) in [5.41, 5.74) is 2.49. The molecule has 0 unspecified atom stereocenters. The second-order valence-electron chi connectivity index (χ2n) is 7.01. The number of sulfonamides is 1. The summed E-state index contributed by atoms with van der Waals surface area (Å²) in [4.78, 5) is 12.8. The highest BCUT2D eigenvalue weighted by molar-refractivity contribution is 8.00. The molecule has 162 valence electrons. The van der Waals surface area contributed by atoms with Gasteiger partial charge < -0.3 is 4.74 Å². The molecule has 0 radical (unpaired) electrons. The normalized spacial score (nSPS) is 15.8. The topological polar surface area (TPSA) is 101 Å². The third-order valence-corrected chi connectivity index (χ3v) is 7.71. The van der Waals surface area contributed by atoms with Gasteiger partial charge in [-0.25, -0.2) is 8.42 Å². The van der Waals surface area contributed by atoms with Gasteiger partial charge in [0.1, 0.15) is 5.75 Å². The number of aromatic nitrogens is 2. The summed E-state index contributed by atoms with van der Waals surface area (Å²) < 4.78 is 32.3. The largest absolute Gasteiger partial charge is 0.476 e. The smallest absolute Gasteiger partial charge is 0.269 e. The summed E-state index contributed by atoms with van der Waals surface area (Å²) in [6.45, 7) is 1.75. The van der Waals surface area contributed by atoms with E-state index in [0.29, 0.717) is 16.6 Å². The van der Waals surface area contributed by atoms with E-state index in [-0.39, 0.29) is 6.54 Å². The number of thioether (sulfide) groups is 1. The zero-order valence-electron chi connectivity index (χ0n) is 16.8. The molecule has 0 saturated heterocycles. The fourth-order valence-corrected chi connectivity index (χ4v) is 5.66. The lowest BCUT2D eigenvalue weighted by Crippen LogP contribution is -2.48. The number of nitrogens with zero attached hydrogens (tertiary/aromatic N) is 3. The first-order chi connectivity index (χ1) is 14.8. The number of aryl methyl sites for hydroxylation is 1. The van der Waals surface area contributed by atoms with Crippen LogP contribution in [0, 0.1) is 6.92 Å². The lowest BCUT2D eigenvalue weighted by atomic mass is 10.1. The van der Waals surface area contributed by atoms with Crippen molar-refractivity contribution in [2.75, 3.05) is 22.4 Å². The Balaban J connectivity index is 1.44. The summed E-state index contributed by atoms with van der Waals surface area (Å²) in [6.07, 6.45) is 0.103. The summed E-state index contributed by atoms with van der Waals surface area (Å²) in [5, 5.41) is 11.2. The molecule has 0 bridgehead atoms. The number of anilines is 2. The molecule has 2 aromatic carbocycles. The third-order valence-electron chi connectivity index (χ3n) is 4.52. The fraction of sp³-hybridized carbons (Fsp3) is 0.250. The van der Waals surface area contributed by atoms with Gasteiger partial charge in [0, 0.05) is 5.75 Å². The fourth-order valence-electron chi connectivity index (χ4n) is 3.04. The molecule has 1 amide bonds. The van der Waals surface area contributed by atoms with Crippen molar-refractivity contribution in [3.63, 3.8) is 0 Å². The summed E-state index contributed by atoms with van der Waals surface area (Å²) in [6, 6.07) is 15.2. The molecule has 1 aliphatic heterocycles. The second-order valence-corrected chi connectivity index (χ2v) is 11.1. The van der Waals surface area contributed by atoms with Crippen molar-refractivity contribution in [3.05, 3.63) is 59.7 Å². The predicted molar refractivity (Wildman–Crippen MR) is 122 cm³/mol. The van der Waals surface area contributed by atoms with Gasteiger partial charge in [0.25, 0.3) is 5.91 Å². The number of nitrogens with one attached hydrogen (secondary N) is 1. The molecule has 8 nitrogen and oxygen atoms in total. The molecular weight excluding hydrogens is 456 g/mol. The number of hydrogen-bond acceptors (Lipinski definition) is 8. The van der Waals surface area contributed by atoms with Crippen molar-refractivity contribution in [1.29, 1.82) is 0 Å². The maximum absolute atomic E-state index is 12.8. The van der Waals surface area contributed by atoms with Crippen LogP contribution in [0.25, 0.3) is 0 Å². The molecule has 1 N–H and O–H groups in total. The van der Waals surface area contributed by atoms with Gasteiger partial charge in [-0.1, -0.05) is 59.5 Å². The van der Waals surface area contributed by atoms with Crippen LogP contribution in [0.5, 0.6) is 5.75 Å². The van der Waals surface area contributed by atoms with E-state index in [1.165, 1.54) is 33.0 Å². The molecular formula is C20H20N4O4S3. The molecule has 4 rings (SSSR count). The van der Waals surface area contributed by atoms with Crippen LogP contribution in [-0.2, 0) is 20.6 Å². The van der Waals surface area contributed by atoms with Crippen LogP contribution in [0.4, 0.5) is 10.8 Å². The Kier molecular flexibility index (Phi) is 6.17. The Morgan fingerprint density at radius 1 is 1.26 bits per heavy atom. The van der Waals surface area contributed by atoms with Crippen molar-refractivity contribution in [1.82, 2.24) is 10.2 Å². The molecule has 0 spiro atoms. The zero-order valence-corrected chi connectivity index (χ0v) is 19.3. The standard InChI is InChI=1S/C20H20N4O4S3/c1-13-8-9-15-16(10-13)28-17(11-24(15)31(2,26)27)18(25)21-19-22-23-20(30-19)29-12-14-6-4-3-5-7-14/h3-10,17H,11-12H2,1-2H3,(H,21,22,25)/t17-/m0/s1. The van der Waals surface area contributed by atoms with Crippen molar-refractivity contribution < 1.29 is 17.9 Å². The molecule has 11 heteroatoms. The summed E-state index contributed by atoms with van der Waals surface area (Å²) in [5.74, 6) is 0.624. The minimum atomic E-state index is -3.58. The Bertz CT molecular complexity index is 1200. The Morgan fingerprint density at radius 2 is 2.03 bits per heavy atom. The minimum Gasteiger partial charge on any atom is -0.476 e. The van der Waals surface area contributed by atoms with Gasteiger partial charge in [0.15, 0.2) is 10.4 Å². The first kappa shape index (κ1) is 21.6. The van der Waals surface area contributed by atoms with E-state index >= 15 is 0 Å². The number of rotatable bonds is 6. The molecule has 31 heavy (non-hydrogen) atoms. The van der Waals surface area contributed by atoms with Crippen LogP contribution in [0.2, 0.25) is 0 Å². The van der Waals surface area contributed by atoms with Crippen molar-refractivity contribution in [2.24, 2.45) is 0 Å². The number of hydrogen-bond donors (Lipinski definition) is 1. The molecule has 0 fully saturated rings. The van der Waals surface area contributed by atoms with Gasteiger partial charge in [0.05, 0.1) is 18.5 Å². The maximum Gasteiger partial charge on any atom is 0.269 e. The van der Waals surface area contributed by atoms with Crippen LogP contribution < -0.4 is 14.4 Å². The highest BCUT2D eigenvalue weighted by atomic mass is 32.2. The summed E-state index contributed by atoms with van der Waals surface area (Å²) >= 11 is 2.79. The Hall–Kier alpha value is -2.63. The zero-order chi connectivity index (χ0) is 22.0. The van der Waals surface area contributed by atoms with Crippen LogP contribution in [0.15, 0.2) is 52.9 Å². The number of ether oxygens (including phenoxy) is 1. The van der Waals surface area contributed by atoms with E-state index in [1.807, 2.05) is 37.3 Å². The third kappa shape index (κ3) is 5.17. The number of carbonyl (C=O) groups excluding carboxylic acids is 1. The van der Waals surface area contributed by atoms with Gasteiger partial charge in [0.2, 0.25) is 15.2 Å². The van der Waals surface area contributed by atoms with E-state index in [0.717, 1.165) is 21.9 Å². The maximum atomic E-state index is 12.8. The van der Waals surface area contributed by atoms with Gasteiger partial charge >= 0.3 is 0 Å². The number of amides is 1. The van der Waals surface area contributed by atoms with Crippen molar-refractivity contribution in [2.45, 2.75) is 23.1 Å². The average Bonchev–Trinajstić information content (AvgIpc) is 3.18. The predicted octanol–water partition coefficient (Wildman–Crippen LogP) is 3.30. The molecule has 0 aliphatic carbocycles. The SMILES string of the molecule is Cc1ccc2c(c1)O[C@H](C(=O)Nc1nnc(SCc3ccccc3)s1)CN2S(C)(=O)=O. The van der Waals surface area contributed by atoms with E-state index < -0.39 is 22.0 Å². The van der Waals surface area contributed by atoms with Crippen LogP contribution in [-0.4, -0.2) is 43.4 Å². The minimum absolute atomic E-state index is 0.116. The number of benzene rings is 2. The quantitative estimate of drug-likeness (QED) is 0.430. The average molecular weight is 477 g/mol. The van der Waals surface area contributed by atoms with Gasteiger partial charge in [-0.15, -0.1) is 10.2 Å². The van der Waals surface area contributed by atoms with E-state index in [2.05, 4.69) is 15.5 Å².